The second-order valence-electron chi connectivity index (χ2n) is 6.59. The Bertz CT molecular complexity index is 1030. The maximum atomic E-state index is 12.6. The smallest absolute Gasteiger partial charge is 0.248 e. The van der Waals surface area contributed by atoms with Gasteiger partial charge in [-0.25, -0.2) is 0 Å². The van der Waals surface area contributed by atoms with E-state index in [0.29, 0.717) is 22.8 Å². The lowest BCUT2D eigenvalue weighted by molar-refractivity contribution is -0.111. The van der Waals surface area contributed by atoms with Crippen molar-refractivity contribution in [3.63, 3.8) is 0 Å². The van der Waals surface area contributed by atoms with Crippen LogP contribution >= 0.6 is 0 Å². The SMILES string of the molecule is COc1cc(OC)c(OC)cc1/C=C/C(=O)Nc1ccccc1Cc1ccccc1. The van der Waals surface area contributed by atoms with Gasteiger partial charge in [-0.3, -0.25) is 4.79 Å². The Morgan fingerprint density at radius 2 is 1.47 bits per heavy atom. The maximum absolute atomic E-state index is 12.6. The van der Waals surface area contributed by atoms with Gasteiger partial charge in [-0.1, -0.05) is 48.5 Å². The predicted molar refractivity (Wildman–Crippen MR) is 119 cm³/mol. The minimum absolute atomic E-state index is 0.229. The predicted octanol–water partition coefficient (Wildman–Crippen LogP) is 4.96. The lowest BCUT2D eigenvalue weighted by atomic mass is 10.0. The van der Waals surface area contributed by atoms with Crippen molar-refractivity contribution < 1.29 is 19.0 Å². The fourth-order valence-corrected chi connectivity index (χ4v) is 3.14. The lowest BCUT2D eigenvalue weighted by Crippen LogP contribution is -2.10. The summed E-state index contributed by atoms with van der Waals surface area (Å²) in [7, 11) is 4.69. The van der Waals surface area contributed by atoms with Gasteiger partial charge in [-0.15, -0.1) is 0 Å². The first-order valence-corrected chi connectivity index (χ1v) is 9.55. The summed E-state index contributed by atoms with van der Waals surface area (Å²) in [5.41, 5.74) is 3.73. The average Bonchev–Trinajstić information content (AvgIpc) is 2.79. The first-order valence-electron chi connectivity index (χ1n) is 9.55. The monoisotopic (exact) mass is 403 g/mol. The summed E-state index contributed by atoms with van der Waals surface area (Å²) in [6.07, 6.45) is 3.91. The maximum Gasteiger partial charge on any atom is 0.248 e. The number of ether oxygens (including phenoxy) is 3. The zero-order valence-electron chi connectivity index (χ0n) is 17.3. The van der Waals surface area contributed by atoms with Crippen molar-refractivity contribution in [3.8, 4) is 17.2 Å². The van der Waals surface area contributed by atoms with Gasteiger partial charge in [0.2, 0.25) is 5.91 Å². The Kier molecular flexibility index (Phi) is 7.11. The van der Waals surface area contributed by atoms with E-state index in [2.05, 4.69) is 17.4 Å². The van der Waals surface area contributed by atoms with E-state index in [-0.39, 0.29) is 5.91 Å². The molecule has 1 amide bonds. The van der Waals surface area contributed by atoms with E-state index in [1.165, 1.54) is 11.6 Å². The van der Waals surface area contributed by atoms with Crippen molar-refractivity contribution in [2.75, 3.05) is 26.6 Å². The Hall–Kier alpha value is -3.73. The van der Waals surface area contributed by atoms with Gasteiger partial charge >= 0.3 is 0 Å². The van der Waals surface area contributed by atoms with Crippen LogP contribution in [0.2, 0.25) is 0 Å². The molecule has 3 aromatic rings. The van der Waals surface area contributed by atoms with E-state index in [4.69, 9.17) is 14.2 Å². The van der Waals surface area contributed by atoms with E-state index >= 15 is 0 Å². The molecule has 0 unspecified atom stereocenters. The fourth-order valence-electron chi connectivity index (χ4n) is 3.14. The molecule has 30 heavy (non-hydrogen) atoms. The van der Waals surface area contributed by atoms with Crippen molar-refractivity contribution in [3.05, 3.63) is 89.5 Å². The number of anilines is 1. The second kappa shape index (κ2) is 10.2. The van der Waals surface area contributed by atoms with E-state index in [9.17, 15) is 4.79 Å². The van der Waals surface area contributed by atoms with Crippen LogP contribution in [0.15, 0.2) is 72.8 Å². The van der Waals surface area contributed by atoms with Crippen LogP contribution in [0.1, 0.15) is 16.7 Å². The number of hydrogen-bond donors (Lipinski definition) is 1. The molecule has 1 N–H and O–H groups in total. The number of methoxy groups -OCH3 is 3. The molecule has 0 aliphatic heterocycles. The lowest BCUT2D eigenvalue weighted by Gasteiger charge is -2.12. The summed E-state index contributed by atoms with van der Waals surface area (Å²) in [5.74, 6) is 1.48. The normalized spacial score (nSPS) is 10.6. The summed E-state index contributed by atoms with van der Waals surface area (Å²) < 4.78 is 16.0. The highest BCUT2D eigenvalue weighted by atomic mass is 16.5. The summed E-state index contributed by atoms with van der Waals surface area (Å²) in [4.78, 5) is 12.6. The number of amides is 1. The third-order valence-corrected chi connectivity index (χ3v) is 4.66. The van der Waals surface area contributed by atoms with Gasteiger partial charge in [-0.2, -0.15) is 0 Å². The molecule has 0 atom stereocenters. The molecule has 0 aromatic heterocycles. The highest BCUT2D eigenvalue weighted by Crippen LogP contribution is 2.35. The zero-order chi connectivity index (χ0) is 21.3. The number of carbonyl (C=O) groups excluding carboxylic acids is 1. The number of benzene rings is 3. The third-order valence-electron chi connectivity index (χ3n) is 4.66. The molecule has 0 heterocycles. The Morgan fingerprint density at radius 3 is 2.17 bits per heavy atom. The highest BCUT2D eigenvalue weighted by Gasteiger charge is 2.11. The first kappa shape index (κ1) is 21.0. The summed E-state index contributed by atoms with van der Waals surface area (Å²) in [6, 6.07) is 21.4. The van der Waals surface area contributed by atoms with Crippen LogP contribution in [0.3, 0.4) is 0 Å². The van der Waals surface area contributed by atoms with E-state index in [1.807, 2.05) is 42.5 Å². The van der Waals surface area contributed by atoms with Gasteiger partial charge in [0.15, 0.2) is 11.5 Å². The molecular weight excluding hydrogens is 378 g/mol. The summed E-state index contributed by atoms with van der Waals surface area (Å²) >= 11 is 0. The molecule has 0 radical (unpaired) electrons. The van der Waals surface area contributed by atoms with Crippen molar-refractivity contribution in [2.45, 2.75) is 6.42 Å². The van der Waals surface area contributed by atoms with E-state index < -0.39 is 0 Å². The number of rotatable bonds is 8. The minimum atomic E-state index is -0.229. The van der Waals surface area contributed by atoms with Crippen molar-refractivity contribution in [1.29, 1.82) is 0 Å². The van der Waals surface area contributed by atoms with Gasteiger partial charge in [0.25, 0.3) is 0 Å². The van der Waals surface area contributed by atoms with Crippen LogP contribution < -0.4 is 19.5 Å². The molecule has 0 saturated carbocycles. The minimum Gasteiger partial charge on any atom is -0.496 e. The molecule has 0 spiro atoms. The molecule has 5 heteroatoms. The summed E-state index contributed by atoms with van der Waals surface area (Å²) in [6.45, 7) is 0. The standard InChI is InChI=1S/C25H25NO4/c1-28-22-17-24(30-3)23(29-2)16-20(22)13-14-25(27)26-21-12-8-7-11-19(21)15-18-9-5-4-6-10-18/h4-14,16-17H,15H2,1-3H3,(H,26,27)/b14-13+. The first-order chi connectivity index (χ1) is 14.6. The quantitative estimate of drug-likeness (QED) is 0.541. The van der Waals surface area contributed by atoms with Gasteiger partial charge in [0, 0.05) is 23.4 Å². The summed E-state index contributed by atoms with van der Waals surface area (Å²) in [5, 5.41) is 2.97. The Labute approximate surface area is 176 Å². The van der Waals surface area contributed by atoms with Crippen LogP contribution in [0.4, 0.5) is 5.69 Å². The molecule has 0 aliphatic rings. The van der Waals surface area contributed by atoms with Crippen LogP contribution in [0, 0.1) is 0 Å². The number of carbonyl (C=O) groups is 1. The molecule has 0 aliphatic carbocycles. The molecular formula is C25H25NO4. The molecule has 0 saturated heterocycles. The fraction of sp³-hybridized carbons (Fsp3) is 0.160. The number of hydrogen-bond acceptors (Lipinski definition) is 4. The topological polar surface area (TPSA) is 56.8 Å². The molecule has 0 fully saturated rings. The Morgan fingerprint density at radius 1 is 0.833 bits per heavy atom. The van der Waals surface area contributed by atoms with Gasteiger partial charge in [-0.05, 0) is 35.8 Å². The van der Waals surface area contributed by atoms with Gasteiger partial charge in [0.05, 0.1) is 21.3 Å². The molecule has 0 bridgehead atoms. The van der Waals surface area contributed by atoms with Gasteiger partial charge in [0.1, 0.15) is 5.75 Å². The van der Waals surface area contributed by atoms with E-state index in [1.54, 1.807) is 39.5 Å². The largest absolute Gasteiger partial charge is 0.496 e. The van der Waals surface area contributed by atoms with Crippen LogP contribution in [-0.4, -0.2) is 27.2 Å². The molecule has 5 nitrogen and oxygen atoms in total. The Balaban J connectivity index is 1.77. The second-order valence-corrected chi connectivity index (χ2v) is 6.59. The highest BCUT2D eigenvalue weighted by molar-refractivity contribution is 6.02. The number of para-hydroxylation sites is 1. The van der Waals surface area contributed by atoms with Crippen LogP contribution in [0.25, 0.3) is 6.08 Å². The van der Waals surface area contributed by atoms with Crippen LogP contribution in [-0.2, 0) is 11.2 Å². The van der Waals surface area contributed by atoms with Crippen molar-refractivity contribution in [1.82, 2.24) is 0 Å². The van der Waals surface area contributed by atoms with Crippen molar-refractivity contribution in [2.24, 2.45) is 0 Å². The van der Waals surface area contributed by atoms with Crippen LogP contribution in [0.5, 0.6) is 17.2 Å². The average molecular weight is 403 g/mol. The molecule has 3 aromatic carbocycles. The molecule has 3 rings (SSSR count). The zero-order valence-corrected chi connectivity index (χ0v) is 17.3. The third kappa shape index (κ3) is 5.20. The number of nitrogens with one attached hydrogen (secondary N) is 1. The molecule has 154 valence electrons. The van der Waals surface area contributed by atoms with Crippen molar-refractivity contribution >= 4 is 17.7 Å². The van der Waals surface area contributed by atoms with Gasteiger partial charge < -0.3 is 19.5 Å². The van der Waals surface area contributed by atoms with E-state index in [0.717, 1.165) is 17.7 Å².